The molecule has 0 spiro atoms. The van der Waals surface area contributed by atoms with Crippen LogP contribution < -0.4 is 20.3 Å². The van der Waals surface area contributed by atoms with E-state index in [1.165, 1.54) is 11.9 Å². The van der Waals surface area contributed by atoms with Crippen LogP contribution in [0, 0.1) is 0 Å². The Morgan fingerprint density at radius 3 is 2.50 bits per heavy atom. The van der Waals surface area contributed by atoms with E-state index in [2.05, 4.69) is 20.2 Å². The average molecular weight is 418 g/mol. The van der Waals surface area contributed by atoms with Crippen LogP contribution in [0.4, 0.5) is 11.4 Å². The molecule has 8 heteroatoms. The summed E-state index contributed by atoms with van der Waals surface area (Å²) in [6.07, 6.45) is 0. The Morgan fingerprint density at radius 2 is 1.73 bits per heavy atom. The molecule has 0 saturated carbocycles. The summed E-state index contributed by atoms with van der Waals surface area (Å²) in [4.78, 5) is 25.6. The first-order valence-electron chi connectivity index (χ1n) is 9.10. The Bertz CT molecular complexity index is 1260. The molecule has 0 fully saturated rings. The molecule has 1 amide bonds. The van der Waals surface area contributed by atoms with E-state index in [0.29, 0.717) is 16.5 Å². The van der Waals surface area contributed by atoms with Crippen molar-refractivity contribution in [1.29, 1.82) is 0 Å². The zero-order valence-electron chi connectivity index (χ0n) is 16.0. The maximum absolute atomic E-state index is 12.8. The Morgan fingerprint density at radius 1 is 0.967 bits per heavy atom. The van der Waals surface area contributed by atoms with Crippen LogP contribution in [0.1, 0.15) is 10.5 Å². The lowest BCUT2D eigenvalue weighted by Gasteiger charge is -2.09. The molecule has 3 aromatic carbocycles. The highest BCUT2D eigenvalue weighted by Gasteiger charge is 2.14. The zero-order chi connectivity index (χ0) is 20.9. The summed E-state index contributed by atoms with van der Waals surface area (Å²) in [5, 5.41) is 10.1. The first-order chi connectivity index (χ1) is 14.6. The summed E-state index contributed by atoms with van der Waals surface area (Å²) in [6.45, 7) is 0. The minimum atomic E-state index is -0.396. The summed E-state index contributed by atoms with van der Waals surface area (Å²) in [5.41, 5.74) is 1.39. The molecule has 7 nitrogen and oxygen atoms in total. The summed E-state index contributed by atoms with van der Waals surface area (Å²) in [5.74, 6) is 0.395. The monoisotopic (exact) mass is 418 g/mol. The molecule has 150 valence electrons. The van der Waals surface area contributed by atoms with E-state index >= 15 is 0 Å². The van der Waals surface area contributed by atoms with Crippen LogP contribution >= 0.6 is 11.9 Å². The minimum Gasteiger partial charge on any atom is -0.497 e. The number of benzene rings is 3. The molecule has 0 aliphatic rings. The number of aromatic nitrogens is 2. The van der Waals surface area contributed by atoms with Gasteiger partial charge < -0.3 is 14.8 Å². The smallest absolute Gasteiger partial charge is 0.276 e. The molecule has 0 aliphatic carbocycles. The normalized spacial score (nSPS) is 10.6. The van der Waals surface area contributed by atoms with E-state index in [9.17, 15) is 9.59 Å². The second-order valence-electron chi connectivity index (χ2n) is 6.36. The van der Waals surface area contributed by atoms with Crippen molar-refractivity contribution >= 4 is 40.0 Å². The lowest BCUT2D eigenvalue weighted by molar-refractivity contribution is 0.102. The lowest BCUT2D eigenvalue weighted by Crippen LogP contribution is -2.19. The predicted molar refractivity (Wildman–Crippen MR) is 119 cm³/mol. The molecule has 1 heterocycles. The number of aromatic amines is 1. The summed E-state index contributed by atoms with van der Waals surface area (Å²) >= 11 is 1.42. The molecule has 0 saturated heterocycles. The number of methoxy groups -OCH3 is 1. The number of carbonyl (C=O) groups excluding carboxylic acids is 1. The van der Waals surface area contributed by atoms with Crippen LogP contribution in [-0.2, 0) is 0 Å². The van der Waals surface area contributed by atoms with Gasteiger partial charge in [-0.1, -0.05) is 24.3 Å². The van der Waals surface area contributed by atoms with Gasteiger partial charge in [0.2, 0.25) is 0 Å². The Labute approximate surface area is 176 Å². The van der Waals surface area contributed by atoms with Crippen LogP contribution in [0.2, 0.25) is 0 Å². The maximum Gasteiger partial charge on any atom is 0.276 e. The fraction of sp³-hybridized carbons (Fsp3) is 0.0455. The topological polar surface area (TPSA) is 96.1 Å². The van der Waals surface area contributed by atoms with Crippen molar-refractivity contribution in [1.82, 2.24) is 10.2 Å². The van der Waals surface area contributed by atoms with E-state index in [1.807, 2.05) is 42.5 Å². The van der Waals surface area contributed by atoms with Gasteiger partial charge in [-0.15, -0.1) is 0 Å². The third-order valence-electron chi connectivity index (χ3n) is 4.38. The maximum atomic E-state index is 12.8. The van der Waals surface area contributed by atoms with Gasteiger partial charge in [0.1, 0.15) is 5.75 Å². The molecule has 0 atom stereocenters. The van der Waals surface area contributed by atoms with E-state index in [-0.39, 0.29) is 11.3 Å². The third kappa shape index (κ3) is 4.28. The zero-order valence-corrected chi connectivity index (χ0v) is 16.8. The van der Waals surface area contributed by atoms with Crippen molar-refractivity contribution in [3.8, 4) is 5.75 Å². The number of ether oxygens (including phenoxy) is 1. The number of nitrogens with zero attached hydrogens (tertiary/aromatic N) is 1. The highest BCUT2D eigenvalue weighted by atomic mass is 32.2. The van der Waals surface area contributed by atoms with Crippen molar-refractivity contribution in [2.45, 2.75) is 4.90 Å². The molecule has 0 aliphatic heterocycles. The van der Waals surface area contributed by atoms with E-state index < -0.39 is 5.91 Å². The van der Waals surface area contributed by atoms with Gasteiger partial charge >= 0.3 is 0 Å². The quantitative estimate of drug-likeness (QED) is 0.404. The van der Waals surface area contributed by atoms with E-state index in [4.69, 9.17) is 4.74 Å². The molecule has 4 rings (SSSR count). The predicted octanol–water partition coefficient (Wildman–Crippen LogP) is 4.30. The van der Waals surface area contributed by atoms with Crippen LogP contribution in [0.25, 0.3) is 10.8 Å². The summed E-state index contributed by atoms with van der Waals surface area (Å²) in [6, 6.07) is 21.9. The number of amides is 1. The van der Waals surface area contributed by atoms with Crippen LogP contribution in [0.3, 0.4) is 0 Å². The highest BCUT2D eigenvalue weighted by Crippen LogP contribution is 2.25. The van der Waals surface area contributed by atoms with Crippen molar-refractivity contribution in [3.63, 3.8) is 0 Å². The van der Waals surface area contributed by atoms with Crippen molar-refractivity contribution in [2.75, 3.05) is 17.1 Å². The van der Waals surface area contributed by atoms with Gasteiger partial charge in [-0.3, -0.25) is 9.59 Å². The molecule has 30 heavy (non-hydrogen) atoms. The van der Waals surface area contributed by atoms with Crippen molar-refractivity contribution in [3.05, 3.63) is 88.8 Å². The standard InChI is InChI=1S/C22H18N4O3S/c1-29-16-11-9-14(10-12-16)26-30-17-6-4-5-15(13-17)23-22(28)20-18-7-2-3-8-19(18)21(27)25-24-20/h2-13,26H,1H3,(H,23,28)(H,25,27). The van der Waals surface area contributed by atoms with Gasteiger partial charge in [0.15, 0.2) is 5.69 Å². The van der Waals surface area contributed by atoms with Crippen LogP contribution in [0.5, 0.6) is 5.75 Å². The number of carbonyl (C=O) groups is 1. The first-order valence-corrected chi connectivity index (χ1v) is 9.91. The number of nitrogens with one attached hydrogen (secondary N) is 3. The average Bonchev–Trinajstić information content (AvgIpc) is 2.78. The van der Waals surface area contributed by atoms with Gasteiger partial charge in [0, 0.05) is 21.7 Å². The Hall–Kier alpha value is -3.78. The molecule has 0 unspecified atom stereocenters. The van der Waals surface area contributed by atoms with Gasteiger partial charge in [0.05, 0.1) is 12.5 Å². The first kappa shape index (κ1) is 19.5. The summed E-state index contributed by atoms with van der Waals surface area (Å²) < 4.78 is 8.41. The SMILES string of the molecule is COc1ccc(NSc2cccc(NC(=O)c3n[nH]c(=O)c4ccccc34)c2)cc1. The fourth-order valence-corrected chi connectivity index (χ4v) is 3.60. The van der Waals surface area contributed by atoms with Crippen molar-refractivity contribution < 1.29 is 9.53 Å². The molecule has 3 N–H and O–H groups in total. The van der Waals surface area contributed by atoms with Gasteiger partial charge in [-0.2, -0.15) is 5.10 Å². The van der Waals surface area contributed by atoms with E-state index in [1.54, 1.807) is 37.4 Å². The Balaban J connectivity index is 1.48. The number of rotatable bonds is 6. The van der Waals surface area contributed by atoms with Crippen LogP contribution in [0.15, 0.2) is 82.5 Å². The number of hydrogen-bond acceptors (Lipinski definition) is 6. The minimum absolute atomic E-state index is 0.166. The highest BCUT2D eigenvalue weighted by molar-refractivity contribution is 8.00. The number of hydrogen-bond donors (Lipinski definition) is 3. The fourth-order valence-electron chi connectivity index (χ4n) is 2.89. The van der Waals surface area contributed by atoms with E-state index in [0.717, 1.165) is 16.3 Å². The Kier molecular flexibility index (Phi) is 5.67. The number of anilines is 2. The molecule has 4 aromatic rings. The van der Waals surface area contributed by atoms with Gasteiger partial charge in [-0.05, 0) is 60.5 Å². The second-order valence-corrected chi connectivity index (χ2v) is 7.24. The number of H-pyrrole nitrogens is 1. The van der Waals surface area contributed by atoms with Crippen molar-refractivity contribution in [2.24, 2.45) is 0 Å². The molecule has 0 bridgehead atoms. The second kappa shape index (κ2) is 8.71. The molecule has 0 radical (unpaired) electrons. The van der Waals surface area contributed by atoms with Gasteiger partial charge in [0.25, 0.3) is 11.5 Å². The molecular formula is C22H18N4O3S. The molecule has 1 aromatic heterocycles. The third-order valence-corrected chi connectivity index (χ3v) is 5.21. The summed E-state index contributed by atoms with van der Waals surface area (Å²) in [7, 11) is 1.63. The lowest BCUT2D eigenvalue weighted by atomic mass is 10.1. The number of fused-ring (bicyclic) bond motifs is 1. The molecular weight excluding hydrogens is 400 g/mol. The van der Waals surface area contributed by atoms with Gasteiger partial charge in [-0.25, -0.2) is 5.10 Å². The largest absolute Gasteiger partial charge is 0.497 e. The van der Waals surface area contributed by atoms with Crippen LogP contribution in [-0.4, -0.2) is 23.2 Å².